The van der Waals surface area contributed by atoms with E-state index in [0.29, 0.717) is 13.1 Å². The van der Waals surface area contributed by atoms with Crippen LogP contribution >= 0.6 is 0 Å². The second-order valence-electron chi connectivity index (χ2n) is 6.34. The maximum atomic E-state index is 13.4. The van der Waals surface area contributed by atoms with Crippen molar-refractivity contribution in [1.82, 2.24) is 9.88 Å². The Balaban J connectivity index is 1.85. The average molecular weight is 358 g/mol. The lowest BCUT2D eigenvalue weighted by atomic mass is 10.1. The number of aryl methyl sites for hydroxylation is 1. The van der Waals surface area contributed by atoms with Gasteiger partial charge in [0.15, 0.2) is 0 Å². The number of nitrogens with zero attached hydrogens (tertiary/aromatic N) is 1. The summed E-state index contributed by atoms with van der Waals surface area (Å²) in [5.74, 6) is 0. The molecule has 0 fully saturated rings. The molecule has 0 unspecified atom stereocenters. The predicted molar refractivity (Wildman–Crippen MR) is 97.2 cm³/mol. The first-order valence-corrected chi connectivity index (χ1v) is 8.47. The van der Waals surface area contributed by atoms with Crippen molar-refractivity contribution in [2.24, 2.45) is 0 Å². The highest BCUT2D eigenvalue weighted by atomic mass is 19.4. The van der Waals surface area contributed by atoms with E-state index in [-0.39, 0.29) is 5.69 Å². The zero-order valence-corrected chi connectivity index (χ0v) is 14.8. The maximum Gasteiger partial charge on any atom is 0.418 e. The molecule has 0 bridgehead atoms. The molecule has 0 radical (unpaired) electrons. The van der Waals surface area contributed by atoms with E-state index in [1.54, 1.807) is 10.6 Å². The predicted octanol–water partition coefficient (Wildman–Crippen LogP) is 5.40. The molecule has 0 amide bonds. The summed E-state index contributed by atoms with van der Waals surface area (Å²) in [6.45, 7) is 5.01. The van der Waals surface area contributed by atoms with Crippen molar-refractivity contribution in [3.8, 4) is 5.69 Å². The third kappa shape index (κ3) is 3.83. The van der Waals surface area contributed by atoms with E-state index in [4.69, 9.17) is 0 Å². The van der Waals surface area contributed by atoms with Crippen LogP contribution in [0.15, 0.2) is 60.7 Å². The summed E-state index contributed by atoms with van der Waals surface area (Å²) in [5.41, 5.74) is 3.32. The zero-order chi connectivity index (χ0) is 18.7. The summed E-state index contributed by atoms with van der Waals surface area (Å²) in [6.07, 6.45) is -4.38. The Kier molecular flexibility index (Phi) is 5.18. The van der Waals surface area contributed by atoms with Gasteiger partial charge in [0.05, 0.1) is 11.3 Å². The molecule has 0 saturated heterocycles. The van der Waals surface area contributed by atoms with E-state index in [1.807, 2.05) is 50.2 Å². The van der Waals surface area contributed by atoms with Crippen molar-refractivity contribution in [2.75, 3.05) is 0 Å². The molecule has 0 aliphatic carbocycles. The van der Waals surface area contributed by atoms with Crippen molar-refractivity contribution in [3.63, 3.8) is 0 Å². The van der Waals surface area contributed by atoms with Crippen LogP contribution in [0.5, 0.6) is 0 Å². The molecule has 0 aliphatic rings. The standard InChI is InChI=1S/C21H21F3N2/c1-15-12-18(14-25-13-17-8-4-3-5-9-17)16(2)26(15)20-11-7-6-10-19(20)21(22,23)24/h3-12,25H,13-14H2,1-2H3. The summed E-state index contributed by atoms with van der Waals surface area (Å²) < 4.78 is 41.8. The molecule has 0 saturated carbocycles. The first-order valence-electron chi connectivity index (χ1n) is 8.47. The van der Waals surface area contributed by atoms with Crippen molar-refractivity contribution >= 4 is 0 Å². The minimum absolute atomic E-state index is 0.171. The van der Waals surface area contributed by atoms with Crippen LogP contribution in [0.2, 0.25) is 0 Å². The van der Waals surface area contributed by atoms with Gasteiger partial charge < -0.3 is 9.88 Å². The van der Waals surface area contributed by atoms with Crippen molar-refractivity contribution < 1.29 is 13.2 Å². The van der Waals surface area contributed by atoms with Crippen LogP contribution in [-0.4, -0.2) is 4.57 Å². The van der Waals surface area contributed by atoms with E-state index >= 15 is 0 Å². The molecule has 3 rings (SSSR count). The van der Waals surface area contributed by atoms with Crippen LogP contribution in [0, 0.1) is 13.8 Å². The summed E-state index contributed by atoms with van der Waals surface area (Å²) in [4.78, 5) is 0. The monoisotopic (exact) mass is 358 g/mol. The molecule has 1 N–H and O–H groups in total. The summed E-state index contributed by atoms with van der Waals surface area (Å²) >= 11 is 0. The van der Waals surface area contributed by atoms with E-state index in [9.17, 15) is 13.2 Å². The van der Waals surface area contributed by atoms with E-state index < -0.39 is 11.7 Å². The molecular weight excluding hydrogens is 337 g/mol. The van der Waals surface area contributed by atoms with Crippen molar-refractivity contribution in [2.45, 2.75) is 33.1 Å². The van der Waals surface area contributed by atoms with Gasteiger partial charge in [-0.15, -0.1) is 0 Å². The van der Waals surface area contributed by atoms with E-state index in [1.165, 1.54) is 17.7 Å². The van der Waals surface area contributed by atoms with Crippen LogP contribution in [0.4, 0.5) is 13.2 Å². The highest BCUT2D eigenvalue weighted by Crippen LogP contribution is 2.35. The molecule has 0 atom stereocenters. The molecule has 26 heavy (non-hydrogen) atoms. The number of halogens is 3. The largest absolute Gasteiger partial charge is 0.418 e. The van der Waals surface area contributed by atoms with Gasteiger partial charge in [-0.3, -0.25) is 0 Å². The number of hydrogen-bond donors (Lipinski definition) is 1. The van der Waals surface area contributed by atoms with E-state index in [0.717, 1.165) is 23.0 Å². The number of hydrogen-bond acceptors (Lipinski definition) is 1. The Morgan fingerprint density at radius 1 is 0.885 bits per heavy atom. The maximum absolute atomic E-state index is 13.4. The summed E-state index contributed by atoms with van der Waals surface area (Å²) in [6, 6.07) is 17.7. The lowest BCUT2D eigenvalue weighted by Crippen LogP contribution is -2.14. The number of benzene rings is 2. The fraction of sp³-hybridized carbons (Fsp3) is 0.238. The second-order valence-corrected chi connectivity index (χ2v) is 6.34. The Morgan fingerprint density at radius 2 is 1.54 bits per heavy atom. The number of nitrogens with one attached hydrogen (secondary N) is 1. The van der Waals surface area contributed by atoms with Gasteiger partial charge in [0.2, 0.25) is 0 Å². The first-order chi connectivity index (χ1) is 12.4. The SMILES string of the molecule is Cc1cc(CNCc2ccccc2)c(C)n1-c1ccccc1C(F)(F)F. The van der Waals surface area contributed by atoms with Gasteiger partial charge >= 0.3 is 6.18 Å². The van der Waals surface area contributed by atoms with Gasteiger partial charge in [0.1, 0.15) is 0 Å². The second kappa shape index (κ2) is 7.38. The van der Waals surface area contributed by atoms with Crippen LogP contribution < -0.4 is 5.32 Å². The molecule has 0 aliphatic heterocycles. The van der Waals surface area contributed by atoms with Crippen LogP contribution in [0.25, 0.3) is 5.69 Å². The van der Waals surface area contributed by atoms with Crippen molar-refractivity contribution in [3.05, 3.63) is 88.7 Å². The number of para-hydroxylation sites is 1. The molecule has 1 aromatic heterocycles. The van der Waals surface area contributed by atoms with Gasteiger partial charge in [-0.05, 0) is 43.2 Å². The van der Waals surface area contributed by atoms with Gasteiger partial charge in [-0.1, -0.05) is 42.5 Å². The molecule has 1 heterocycles. The highest BCUT2D eigenvalue weighted by molar-refractivity contribution is 5.48. The van der Waals surface area contributed by atoms with Gasteiger partial charge in [0.25, 0.3) is 0 Å². The lowest BCUT2D eigenvalue weighted by Gasteiger charge is -2.17. The first kappa shape index (κ1) is 18.3. The fourth-order valence-electron chi connectivity index (χ4n) is 3.22. The third-order valence-corrected chi connectivity index (χ3v) is 4.47. The smallest absolute Gasteiger partial charge is 0.318 e. The molecular formula is C21H21F3N2. The Morgan fingerprint density at radius 3 is 2.23 bits per heavy atom. The molecule has 2 aromatic carbocycles. The van der Waals surface area contributed by atoms with Crippen LogP contribution in [0.3, 0.4) is 0 Å². The van der Waals surface area contributed by atoms with Crippen LogP contribution in [-0.2, 0) is 19.3 Å². The number of rotatable bonds is 5. The Labute approximate surface area is 151 Å². The number of alkyl halides is 3. The molecule has 5 heteroatoms. The minimum Gasteiger partial charge on any atom is -0.318 e. The molecule has 2 nitrogen and oxygen atoms in total. The normalized spacial score (nSPS) is 11.7. The molecule has 136 valence electrons. The Hall–Kier alpha value is -2.53. The third-order valence-electron chi connectivity index (χ3n) is 4.47. The quantitative estimate of drug-likeness (QED) is 0.646. The minimum atomic E-state index is -4.38. The highest BCUT2D eigenvalue weighted by Gasteiger charge is 2.34. The number of aromatic nitrogens is 1. The van der Waals surface area contributed by atoms with E-state index in [2.05, 4.69) is 5.32 Å². The van der Waals surface area contributed by atoms with Gasteiger partial charge in [0, 0.05) is 24.5 Å². The van der Waals surface area contributed by atoms with Crippen LogP contribution in [0.1, 0.15) is 28.1 Å². The van der Waals surface area contributed by atoms with Gasteiger partial charge in [-0.2, -0.15) is 13.2 Å². The Bertz CT molecular complexity index is 880. The fourth-order valence-corrected chi connectivity index (χ4v) is 3.22. The molecule has 3 aromatic rings. The average Bonchev–Trinajstić information content (AvgIpc) is 2.89. The topological polar surface area (TPSA) is 17.0 Å². The molecule has 0 spiro atoms. The lowest BCUT2D eigenvalue weighted by molar-refractivity contribution is -0.137. The zero-order valence-electron chi connectivity index (χ0n) is 14.8. The summed E-state index contributed by atoms with van der Waals surface area (Å²) in [5, 5.41) is 3.36. The van der Waals surface area contributed by atoms with Crippen molar-refractivity contribution in [1.29, 1.82) is 0 Å². The van der Waals surface area contributed by atoms with Gasteiger partial charge in [-0.25, -0.2) is 0 Å². The summed E-state index contributed by atoms with van der Waals surface area (Å²) in [7, 11) is 0.